The molecule has 1 unspecified atom stereocenters. The van der Waals surface area contributed by atoms with Crippen LogP contribution in [0, 0.1) is 5.82 Å². The molecule has 0 spiro atoms. The van der Waals surface area contributed by atoms with Crippen molar-refractivity contribution >= 4 is 17.4 Å². The monoisotopic (exact) mass is 463 g/mol. The van der Waals surface area contributed by atoms with Crippen molar-refractivity contribution in [2.75, 3.05) is 13.2 Å². The van der Waals surface area contributed by atoms with Gasteiger partial charge in [-0.3, -0.25) is 14.6 Å². The third kappa shape index (κ3) is 4.85. The highest BCUT2D eigenvalue weighted by molar-refractivity contribution is 6.46. The van der Waals surface area contributed by atoms with Gasteiger partial charge in [-0.1, -0.05) is 36.9 Å². The summed E-state index contributed by atoms with van der Waals surface area (Å²) in [6.45, 7) is 3.44. The predicted molar refractivity (Wildman–Crippen MR) is 121 cm³/mol. The second kappa shape index (κ2) is 10.3. The normalized spacial score (nSPS) is 17.4. The van der Waals surface area contributed by atoms with Gasteiger partial charge >= 0.3 is 0 Å². The quantitative estimate of drug-likeness (QED) is 0.229. The minimum atomic E-state index is -0.848. The third-order valence-corrected chi connectivity index (χ3v) is 5.70. The zero-order valence-corrected chi connectivity index (χ0v) is 18.9. The molecule has 0 radical (unpaired) electrons. The Morgan fingerprint density at radius 1 is 1.21 bits per heavy atom. The van der Waals surface area contributed by atoms with Crippen molar-refractivity contribution in [3.63, 3.8) is 0 Å². The van der Waals surface area contributed by atoms with Crippen LogP contribution < -0.4 is 14.4 Å². The van der Waals surface area contributed by atoms with E-state index in [1.807, 2.05) is 17.7 Å². The lowest BCUT2D eigenvalue weighted by molar-refractivity contribution is -0.695. The number of aryl methyl sites for hydroxylation is 1. The number of benzene rings is 2. The van der Waals surface area contributed by atoms with Gasteiger partial charge in [-0.05, 0) is 41.8 Å². The van der Waals surface area contributed by atoms with Gasteiger partial charge in [0.2, 0.25) is 12.1 Å². The Hall–Kier alpha value is -3.94. The van der Waals surface area contributed by atoms with E-state index >= 15 is 0 Å². The van der Waals surface area contributed by atoms with Gasteiger partial charge in [-0.15, -0.1) is 0 Å². The molecule has 1 aliphatic heterocycles. The Morgan fingerprint density at radius 3 is 2.71 bits per heavy atom. The lowest BCUT2D eigenvalue weighted by Gasteiger charge is -2.27. The lowest BCUT2D eigenvalue weighted by Crippen LogP contribution is -2.36. The van der Waals surface area contributed by atoms with Crippen molar-refractivity contribution in [3.05, 3.63) is 89.8 Å². The van der Waals surface area contributed by atoms with Crippen LogP contribution >= 0.6 is 0 Å². The summed E-state index contributed by atoms with van der Waals surface area (Å²) >= 11 is 0. The van der Waals surface area contributed by atoms with Gasteiger partial charge in [0.15, 0.2) is 0 Å². The number of carbonyl (C=O) groups excluding carboxylic acids is 2. The third-order valence-electron chi connectivity index (χ3n) is 5.70. The van der Waals surface area contributed by atoms with Gasteiger partial charge in [-0.25, -0.2) is 8.96 Å². The van der Waals surface area contributed by atoms with Gasteiger partial charge in [0, 0.05) is 18.5 Å². The smallest absolute Gasteiger partial charge is 0.295 e. The summed E-state index contributed by atoms with van der Waals surface area (Å²) in [5.41, 5.74) is 0.650. The number of halogens is 1. The topological polar surface area (TPSA) is 89.3 Å². The van der Waals surface area contributed by atoms with E-state index in [1.54, 1.807) is 36.8 Å². The number of likely N-dealkylation sites (tertiary alicyclic amines) is 1. The molecule has 1 atom stereocenters. The number of nitrogens with one attached hydrogen (secondary N) is 1. The number of H-pyrrole nitrogens is 1. The number of hydrogen-bond donors (Lipinski definition) is 1. The van der Waals surface area contributed by atoms with Gasteiger partial charge in [-0.2, -0.15) is 0 Å². The number of imidazole rings is 1. The average molecular weight is 464 g/mol. The van der Waals surface area contributed by atoms with Gasteiger partial charge in [0.05, 0.1) is 19.2 Å². The van der Waals surface area contributed by atoms with Crippen molar-refractivity contribution in [2.45, 2.75) is 32.4 Å². The lowest BCUT2D eigenvalue weighted by atomic mass is 9.95. The fourth-order valence-electron chi connectivity index (χ4n) is 4.08. The Labute approximate surface area is 197 Å². The van der Waals surface area contributed by atoms with Crippen molar-refractivity contribution in [2.24, 2.45) is 0 Å². The Morgan fingerprint density at radius 2 is 2.00 bits per heavy atom. The van der Waals surface area contributed by atoms with Crippen LogP contribution in [0.5, 0.6) is 5.75 Å². The van der Waals surface area contributed by atoms with Crippen molar-refractivity contribution in [1.82, 2.24) is 9.88 Å². The molecule has 7 nitrogen and oxygen atoms in total. The van der Waals surface area contributed by atoms with E-state index in [9.17, 15) is 19.1 Å². The van der Waals surface area contributed by atoms with Crippen molar-refractivity contribution < 1.29 is 28.4 Å². The predicted octanol–water partition coefficient (Wildman–Crippen LogP) is 2.54. The van der Waals surface area contributed by atoms with Crippen molar-refractivity contribution in [3.8, 4) is 5.75 Å². The average Bonchev–Trinajstić information content (AvgIpc) is 3.45. The maximum Gasteiger partial charge on any atom is 0.295 e. The molecule has 34 heavy (non-hydrogen) atoms. The Kier molecular flexibility index (Phi) is 7.06. The van der Waals surface area contributed by atoms with Crippen LogP contribution in [0.3, 0.4) is 0 Å². The van der Waals surface area contributed by atoms with Crippen LogP contribution in [0.4, 0.5) is 4.39 Å². The maximum atomic E-state index is 13.4. The van der Waals surface area contributed by atoms with Gasteiger partial charge in [0.25, 0.3) is 5.91 Å². The number of ether oxygens (including phenoxy) is 1. The maximum absolute atomic E-state index is 13.4. The molecular weight excluding hydrogens is 437 g/mol. The molecular formula is C26H26FN3O4. The molecule has 0 saturated carbocycles. The van der Waals surface area contributed by atoms with Crippen LogP contribution in [0.2, 0.25) is 0 Å². The highest BCUT2D eigenvalue weighted by atomic mass is 19.1. The summed E-state index contributed by atoms with van der Waals surface area (Å²) in [4.78, 5) is 30.5. The standard InChI is InChI=1S/C26H26FN3O4/c1-2-15-34-21-6-3-5-19(16-21)23-22(24(31)18-7-9-20(27)10-8-18)25(32)26(33)30(23)13-4-12-29-14-11-28-17-29/h3,5-11,14,16-17,23H,2,4,12-13,15H2,1H3,(H,31,32). The largest absolute Gasteiger partial charge is 0.872 e. The highest BCUT2D eigenvalue weighted by Crippen LogP contribution is 2.39. The first-order chi connectivity index (χ1) is 16.5. The molecule has 1 saturated heterocycles. The number of rotatable bonds is 9. The number of aromatic nitrogens is 2. The number of Topliss-reactive ketones (excluding diaryl/α,β-unsaturated/α-hetero) is 1. The highest BCUT2D eigenvalue weighted by Gasteiger charge is 2.44. The van der Waals surface area contributed by atoms with Crippen LogP contribution in [-0.4, -0.2) is 34.7 Å². The fourth-order valence-corrected chi connectivity index (χ4v) is 4.08. The fraction of sp³-hybridized carbons (Fsp3) is 0.269. The van der Waals surface area contributed by atoms with Crippen LogP contribution in [0.15, 0.2) is 72.8 Å². The summed E-state index contributed by atoms with van der Waals surface area (Å²) in [5.74, 6) is -2.01. The number of ketones is 1. The van der Waals surface area contributed by atoms with E-state index in [-0.39, 0.29) is 17.7 Å². The summed E-state index contributed by atoms with van der Waals surface area (Å²) in [6.07, 6.45) is 6.88. The second-order valence-electron chi connectivity index (χ2n) is 8.10. The SMILES string of the molecule is CCCOc1cccc(C2/C(=C(\[O-])c3ccc(F)cc3)C(=O)C(=O)N2CCC[n+]2cc[nH]c2)c1. The first kappa shape index (κ1) is 23.2. The van der Waals surface area contributed by atoms with E-state index in [4.69, 9.17) is 4.74 Å². The molecule has 1 aromatic heterocycles. The van der Waals surface area contributed by atoms with Crippen molar-refractivity contribution in [1.29, 1.82) is 0 Å². The number of hydrogen-bond acceptors (Lipinski definition) is 4. The number of nitrogens with zero attached hydrogens (tertiary/aromatic N) is 2. The minimum Gasteiger partial charge on any atom is -0.872 e. The zero-order valence-electron chi connectivity index (χ0n) is 18.9. The molecule has 1 aliphatic rings. The number of aromatic amines is 1. The summed E-state index contributed by atoms with van der Waals surface area (Å²) in [6, 6.07) is 11.2. The molecule has 1 fully saturated rings. The first-order valence-corrected chi connectivity index (χ1v) is 11.3. The molecule has 0 bridgehead atoms. The number of amides is 1. The molecule has 4 rings (SSSR count). The minimum absolute atomic E-state index is 0.126. The van der Waals surface area contributed by atoms with Gasteiger partial charge < -0.3 is 14.7 Å². The molecule has 8 heteroatoms. The molecule has 2 heterocycles. The molecule has 176 valence electrons. The summed E-state index contributed by atoms with van der Waals surface area (Å²) in [7, 11) is 0. The van der Waals surface area contributed by atoms with Crippen LogP contribution in [-0.2, 0) is 16.1 Å². The Bertz CT molecular complexity index is 1190. The van der Waals surface area contributed by atoms with E-state index in [0.29, 0.717) is 30.9 Å². The molecule has 2 aromatic carbocycles. The van der Waals surface area contributed by atoms with E-state index in [0.717, 1.165) is 18.6 Å². The zero-order chi connectivity index (χ0) is 24.1. The molecule has 3 aromatic rings. The summed E-state index contributed by atoms with van der Waals surface area (Å²) in [5, 5.41) is 13.4. The molecule has 0 aliphatic carbocycles. The molecule has 1 N–H and O–H groups in total. The van der Waals surface area contributed by atoms with E-state index in [2.05, 4.69) is 4.98 Å². The summed E-state index contributed by atoms with van der Waals surface area (Å²) < 4.78 is 21.1. The Balaban J connectivity index is 1.73. The van der Waals surface area contributed by atoms with Crippen LogP contribution in [0.25, 0.3) is 5.76 Å². The first-order valence-electron chi connectivity index (χ1n) is 11.3. The second-order valence-corrected chi connectivity index (χ2v) is 8.10. The molecule has 1 amide bonds. The van der Waals surface area contributed by atoms with Gasteiger partial charge in [0.1, 0.15) is 24.0 Å². The van der Waals surface area contributed by atoms with Crippen LogP contribution in [0.1, 0.15) is 36.9 Å². The van der Waals surface area contributed by atoms with E-state index < -0.39 is 29.3 Å². The number of carbonyl (C=O) groups is 2. The van der Waals surface area contributed by atoms with E-state index in [1.165, 1.54) is 17.0 Å².